The summed E-state index contributed by atoms with van der Waals surface area (Å²) in [6.45, 7) is 4.90. The number of alkyl halides is 3. The van der Waals surface area contributed by atoms with Gasteiger partial charge in [0.2, 0.25) is 0 Å². The van der Waals surface area contributed by atoms with E-state index in [0.29, 0.717) is 25.6 Å². The standard InChI is InChI=1S/C15H20F4N2/c1-2-3-14(21-8-6-20-7-9-21)12-5-4-11(16)10-13(12)15(17,18)19/h4-5,10,14,20H,2-3,6-9H2,1H3/t14-/m0/s1. The van der Waals surface area contributed by atoms with Crippen LogP contribution in [0.1, 0.15) is 36.9 Å². The van der Waals surface area contributed by atoms with Crippen molar-refractivity contribution >= 4 is 0 Å². The zero-order valence-corrected chi connectivity index (χ0v) is 12.0. The van der Waals surface area contributed by atoms with Crippen LogP contribution in [0.2, 0.25) is 0 Å². The molecular weight excluding hydrogens is 284 g/mol. The molecule has 118 valence electrons. The largest absolute Gasteiger partial charge is 0.416 e. The van der Waals surface area contributed by atoms with Crippen molar-refractivity contribution < 1.29 is 17.6 Å². The maximum absolute atomic E-state index is 13.2. The van der Waals surface area contributed by atoms with Gasteiger partial charge in [-0.05, 0) is 24.1 Å². The van der Waals surface area contributed by atoms with Gasteiger partial charge in [0.25, 0.3) is 0 Å². The molecule has 0 aromatic heterocycles. The molecule has 6 heteroatoms. The number of piperazine rings is 1. The summed E-state index contributed by atoms with van der Waals surface area (Å²) in [5.41, 5.74) is -0.660. The first-order chi connectivity index (χ1) is 9.93. The van der Waals surface area contributed by atoms with Crippen LogP contribution >= 0.6 is 0 Å². The summed E-state index contributed by atoms with van der Waals surface area (Å²) in [7, 11) is 0. The van der Waals surface area contributed by atoms with Crippen molar-refractivity contribution in [1.82, 2.24) is 10.2 Å². The molecular formula is C15H20F4N2. The lowest BCUT2D eigenvalue weighted by molar-refractivity contribution is -0.139. The van der Waals surface area contributed by atoms with E-state index in [-0.39, 0.29) is 11.6 Å². The maximum Gasteiger partial charge on any atom is 0.416 e. The van der Waals surface area contributed by atoms with Crippen molar-refractivity contribution in [3.05, 3.63) is 35.1 Å². The zero-order valence-electron chi connectivity index (χ0n) is 12.0. The Morgan fingerprint density at radius 3 is 2.48 bits per heavy atom. The molecule has 0 bridgehead atoms. The van der Waals surface area contributed by atoms with Crippen LogP contribution < -0.4 is 5.32 Å². The highest BCUT2D eigenvalue weighted by molar-refractivity contribution is 5.33. The lowest BCUT2D eigenvalue weighted by Crippen LogP contribution is -2.45. The minimum absolute atomic E-state index is 0.188. The Morgan fingerprint density at radius 1 is 1.24 bits per heavy atom. The highest BCUT2D eigenvalue weighted by Crippen LogP contribution is 2.38. The molecule has 1 heterocycles. The van der Waals surface area contributed by atoms with Gasteiger partial charge in [-0.2, -0.15) is 13.2 Å². The molecule has 0 saturated carbocycles. The van der Waals surface area contributed by atoms with E-state index in [2.05, 4.69) is 10.2 Å². The molecule has 1 saturated heterocycles. The number of rotatable bonds is 4. The lowest BCUT2D eigenvalue weighted by Gasteiger charge is -2.36. The number of hydrogen-bond acceptors (Lipinski definition) is 2. The van der Waals surface area contributed by atoms with Crippen LogP contribution in [0.15, 0.2) is 18.2 Å². The van der Waals surface area contributed by atoms with Crippen LogP contribution in [0, 0.1) is 5.82 Å². The van der Waals surface area contributed by atoms with Crippen LogP contribution in [-0.2, 0) is 6.18 Å². The molecule has 2 nitrogen and oxygen atoms in total. The second-order valence-corrected chi connectivity index (χ2v) is 5.32. The molecule has 0 spiro atoms. The van der Waals surface area contributed by atoms with Gasteiger partial charge in [-0.1, -0.05) is 19.4 Å². The van der Waals surface area contributed by atoms with E-state index in [0.717, 1.165) is 25.6 Å². The molecule has 1 aromatic carbocycles. The van der Waals surface area contributed by atoms with Crippen molar-refractivity contribution in [1.29, 1.82) is 0 Å². The lowest BCUT2D eigenvalue weighted by atomic mass is 9.94. The van der Waals surface area contributed by atoms with Gasteiger partial charge < -0.3 is 5.32 Å². The predicted octanol–water partition coefficient (Wildman–Crippen LogP) is 3.59. The third kappa shape index (κ3) is 3.95. The van der Waals surface area contributed by atoms with Gasteiger partial charge in [-0.15, -0.1) is 0 Å². The number of nitrogens with zero attached hydrogens (tertiary/aromatic N) is 1. The topological polar surface area (TPSA) is 15.3 Å². The minimum atomic E-state index is -4.53. The molecule has 0 aliphatic carbocycles. The second-order valence-electron chi connectivity index (χ2n) is 5.32. The normalized spacial score (nSPS) is 18.7. The summed E-state index contributed by atoms with van der Waals surface area (Å²) < 4.78 is 52.8. The Morgan fingerprint density at radius 2 is 1.90 bits per heavy atom. The van der Waals surface area contributed by atoms with Gasteiger partial charge in [-0.25, -0.2) is 4.39 Å². The molecule has 1 aliphatic heterocycles. The molecule has 0 unspecified atom stereocenters. The Labute approximate surface area is 122 Å². The number of halogens is 4. The molecule has 0 radical (unpaired) electrons. The average Bonchev–Trinajstić information content (AvgIpc) is 2.45. The fourth-order valence-electron chi connectivity index (χ4n) is 2.87. The van der Waals surface area contributed by atoms with Crippen LogP contribution in [0.4, 0.5) is 17.6 Å². The monoisotopic (exact) mass is 304 g/mol. The molecule has 1 N–H and O–H groups in total. The van der Waals surface area contributed by atoms with Crippen LogP contribution in [0.25, 0.3) is 0 Å². The third-order valence-electron chi connectivity index (χ3n) is 3.83. The predicted molar refractivity (Wildman–Crippen MR) is 73.5 cm³/mol. The van der Waals surface area contributed by atoms with Gasteiger partial charge in [0.1, 0.15) is 5.82 Å². The van der Waals surface area contributed by atoms with Crippen molar-refractivity contribution in [2.45, 2.75) is 32.0 Å². The highest BCUT2D eigenvalue weighted by Gasteiger charge is 2.37. The van der Waals surface area contributed by atoms with Gasteiger partial charge in [0.05, 0.1) is 5.56 Å². The summed E-state index contributed by atoms with van der Waals surface area (Å²) in [6.07, 6.45) is -3.12. The van der Waals surface area contributed by atoms with E-state index in [9.17, 15) is 17.6 Å². The Hall–Kier alpha value is -1.14. The quantitative estimate of drug-likeness (QED) is 0.855. The molecule has 1 aliphatic rings. The minimum Gasteiger partial charge on any atom is -0.314 e. The Balaban J connectivity index is 2.39. The molecule has 2 rings (SSSR count). The molecule has 21 heavy (non-hydrogen) atoms. The first-order valence-corrected chi connectivity index (χ1v) is 7.25. The van der Waals surface area contributed by atoms with Crippen LogP contribution in [-0.4, -0.2) is 31.1 Å². The van der Waals surface area contributed by atoms with E-state index in [1.165, 1.54) is 6.07 Å². The average molecular weight is 304 g/mol. The molecule has 0 amide bonds. The SMILES string of the molecule is CCC[C@@H](c1ccc(F)cc1C(F)(F)F)N1CCNCC1. The fraction of sp³-hybridized carbons (Fsp3) is 0.600. The Bertz CT molecular complexity index is 467. The third-order valence-corrected chi connectivity index (χ3v) is 3.83. The number of benzene rings is 1. The summed E-state index contributed by atoms with van der Waals surface area (Å²) in [6, 6.07) is 2.71. The van der Waals surface area contributed by atoms with E-state index in [4.69, 9.17) is 0 Å². The summed E-state index contributed by atoms with van der Waals surface area (Å²) in [4.78, 5) is 2.06. The highest BCUT2D eigenvalue weighted by atomic mass is 19.4. The fourth-order valence-corrected chi connectivity index (χ4v) is 2.87. The number of hydrogen-bond donors (Lipinski definition) is 1. The van der Waals surface area contributed by atoms with Gasteiger partial charge in [-0.3, -0.25) is 4.90 Å². The van der Waals surface area contributed by atoms with E-state index < -0.39 is 17.6 Å². The summed E-state index contributed by atoms with van der Waals surface area (Å²) >= 11 is 0. The zero-order chi connectivity index (χ0) is 15.5. The smallest absolute Gasteiger partial charge is 0.314 e. The van der Waals surface area contributed by atoms with Crippen LogP contribution in [0.3, 0.4) is 0 Å². The maximum atomic E-state index is 13.2. The van der Waals surface area contributed by atoms with Crippen molar-refractivity contribution in [2.24, 2.45) is 0 Å². The van der Waals surface area contributed by atoms with Gasteiger partial charge in [0.15, 0.2) is 0 Å². The summed E-state index contributed by atoms with van der Waals surface area (Å²) in [5, 5.41) is 3.19. The van der Waals surface area contributed by atoms with Crippen molar-refractivity contribution in [2.75, 3.05) is 26.2 Å². The molecule has 1 fully saturated rings. The van der Waals surface area contributed by atoms with E-state index in [1.54, 1.807) is 0 Å². The van der Waals surface area contributed by atoms with Crippen molar-refractivity contribution in [3.8, 4) is 0 Å². The summed E-state index contributed by atoms with van der Waals surface area (Å²) in [5.74, 6) is -0.846. The van der Waals surface area contributed by atoms with Gasteiger partial charge in [0, 0.05) is 32.2 Å². The van der Waals surface area contributed by atoms with Crippen LogP contribution in [0.5, 0.6) is 0 Å². The molecule has 1 atom stereocenters. The van der Waals surface area contributed by atoms with E-state index >= 15 is 0 Å². The first kappa shape index (κ1) is 16.2. The van der Waals surface area contributed by atoms with Crippen molar-refractivity contribution in [3.63, 3.8) is 0 Å². The van der Waals surface area contributed by atoms with Gasteiger partial charge >= 0.3 is 6.18 Å². The van der Waals surface area contributed by atoms with E-state index in [1.807, 2.05) is 6.92 Å². The molecule has 1 aromatic rings. The second kappa shape index (κ2) is 6.75. The Kier molecular flexibility index (Phi) is 5.22. The first-order valence-electron chi connectivity index (χ1n) is 7.25. The number of nitrogens with one attached hydrogen (secondary N) is 1.